The van der Waals surface area contributed by atoms with E-state index in [0.29, 0.717) is 5.92 Å². The van der Waals surface area contributed by atoms with E-state index in [1.165, 1.54) is 5.56 Å². The first-order valence-electron chi connectivity index (χ1n) is 6.31. The maximum absolute atomic E-state index is 5.18. The average molecular weight is 235 g/mol. The quantitative estimate of drug-likeness (QED) is 0.817. The van der Waals surface area contributed by atoms with Crippen molar-refractivity contribution >= 4 is 0 Å². The van der Waals surface area contributed by atoms with Crippen LogP contribution in [0.2, 0.25) is 0 Å². The molecule has 0 heterocycles. The summed E-state index contributed by atoms with van der Waals surface area (Å²) in [5, 5.41) is 3.52. The minimum Gasteiger partial charge on any atom is -0.497 e. The summed E-state index contributed by atoms with van der Waals surface area (Å²) in [6, 6.07) is 8.35. The van der Waals surface area contributed by atoms with Crippen LogP contribution in [0.15, 0.2) is 24.3 Å². The molecule has 0 unspecified atom stereocenters. The lowest BCUT2D eigenvalue weighted by Gasteiger charge is -2.26. The zero-order chi connectivity index (χ0) is 12.9. The van der Waals surface area contributed by atoms with Crippen molar-refractivity contribution < 1.29 is 4.74 Å². The van der Waals surface area contributed by atoms with Crippen LogP contribution in [0.1, 0.15) is 33.3 Å². The number of hydrogen-bond donors (Lipinski definition) is 1. The summed E-state index contributed by atoms with van der Waals surface area (Å²) in [5.74, 6) is 1.61. The lowest BCUT2D eigenvalue weighted by atomic mass is 9.84. The Hall–Kier alpha value is -1.02. The molecule has 2 heteroatoms. The van der Waals surface area contributed by atoms with Gasteiger partial charge in [0.1, 0.15) is 5.75 Å². The molecule has 0 aromatic heterocycles. The van der Waals surface area contributed by atoms with E-state index in [4.69, 9.17) is 4.74 Å². The zero-order valence-electron chi connectivity index (χ0n) is 11.7. The monoisotopic (exact) mass is 235 g/mol. The van der Waals surface area contributed by atoms with E-state index in [1.54, 1.807) is 7.11 Å². The van der Waals surface area contributed by atoms with Crippen LogP contribution in [0.5, 0.6) is 5.75 Å². The Morgan fingerprint density at radius 2 is 1.76 bits per heavy atom. The molecule has 0 aliphatic rings. The Morgan fingerprint density at radius 1 is 1.18 bits per heavy atom. The second-order valence-electron chi connectivity index (χ2n) is 5.64. The number of hydrogen-bond acceptors (Lipinski definition) is 2. The summed E-state index contributed by atoms with van der Waals surface area (Å²) in [4.78, 5) is 0. The molecule has 0 bridgehead atoms. The third kappa shape index (κ3) is 4.39. The van der Waals surface area contributed by atoms with Gasteiger partial charge in [0.05, 0.1) is 7.11 Å². The van der Waals surface area contributed by atoms with Gasteiger partial charge in [0.2, 0.25) is 0 Å². The Bertz CT molecular complexity index is 327. The van der Waals surface area contributed by atoms with Crippen molar-refractivity contribution in [2.45, 2.75) is 33.1 Å². The molecule has 0 amide bonds. The van der Waals surface area contributed by atoms with Crippen LogP contribution in [0.3, 0.4) is 0 Å². The molecule has 1 aromatic rings. The maximum Gasteiger partial charge on any atom is 0.118 e. The van der Waals surface area contributed by atoms with E-state index in [9.17, 15) is 0 Å². The highest BCUT2D eigenvalue weighted by Crippen LogP contribution is 2.24. The fourth-order valence-electron chi connectivity index (χ4n) is 1.82. The van der Waals surface area contributed by atoms with Gasteiger partial charge in [-0.05, 0) is 30.2 Å². The fourth-order valence-corrected chi connectivity index (χ4v) is 1.82. The minimum absolute atomic E-state index is 0.154. The summed E-state index contributed by atoms with van der Waals surface area (Å²) in [7, 11) is 1.70. The van der Waals surface area contributed by atoms with Crippen molar-refractivity contribution in [1.82, 2.24) is 5.32 Å². The van der Waals surface area contributed by atoms with Gasteiger partial charge < -0.3 is 10.1 Å². The first-order valence-corrected chi connectivity index (χ1v) is 6.31. The van der Waals surface area contributed by atoms with E-state index in [0.717, 1.165) is 18.8 Å². The minimum atomic E-state index is 0.154. The van der Waals surface area contributed by atoms with Crippen LogP contribution < -0.4 is 10.1 Å². The Labute approximate surface area is 105 Å². The maximum atomic E-state index is 5.18. The standard InChI is InChI=1S/C15H25NO/c1-12(2)10-16-11-15(3,4)13-6-8-14(17-5)9-7-13/h6-9,12,16H,10-11H2,1-5H3. The molecule has 0 atom stereocenters. The van der Waals surface area contributed by atoms with Gasteiger partial charge in [0.15, 0.2) is 0 Å². The van der Waals surface area contributed by atoms with Gasteiger partial charge in [-0.2, -0.15) is 0 Å². The van der Waals surface area contributed by atoms with Gasteiger partial charge in [-0.15, -0.1) is 0 Å². The number of benzene rings is 1. The van der Waals surface area contributed by atoms with Crippen LogP contribution in [0.25, 0.3) is 0 Å². The van der Waals surface area contributed by atoms with E-state index in [2.05, 4.69) is 45.1 Å². The van der Waals surface area contributed by atoms with Crippen LogP contribution in [-0.4, -0.2) is 20.2 Å². The third-order valence-corrected chi connectivity index (χ3v) is 2.99. The van der Waals surface area contributed by atoms with Crippen LogP contribution in [0, 0.1) is 5.92 Å². The first-order chi connectivity index (χ1) is 7.95. The smallest absolute Gasteiger partial charge is 0.118 e. The molecule has 0 aliphatic carbocycles. The molecule has 2 nitrogen and oxygen atoms in total. The molecule has 96 valence electrons. The van der Waals surface area contributed by atoms with Gasteiger partial charge >= 0.3 is 0 Å². The fraction of sp³-hybridized carbons (Fsp3) is 0.600. The van der Waals surface area contributed by atoms with Crippen molar-refractivity contribution in [3.8, 4) is 5.75 Å². The van der Waals surface area contributed by atoms with Gasteiger partial charge in [-0.3, -0.25) is 0 Å². The molecule has 1 aromatic carbocycles. The highest BCUT2D eigenvalue weighted by atomic mass is 16.5. The van der Waals surface area contributed by atoms with Gasteiger partial charge in [0, 0.05) is 12.0 Å². The van der Waals surface area contributed by atoms with Gasteiger partial charge in [-0.25, -0.2) is 0 Å². The van der Waals surface area contributed by atoms with Crippen molar-refractivity contribution in [1.29, 1.82) is 0 Å². The number of nitrogens with one attached hydrogen (secondary N) is 1. The summed E-state index contributed by atoms with van der Waals surface area (Å²) in [6.45, 7) is 11.1. The van der Waals surface area contributed by atoms with Crippen LogP contribution in [0.4, 0.5) is 0 Å². The second kappa shape index (κ2) is 6.06. The highest BCUT2D eigenvalue weighted by Gasteiger charge is 2.19. The molecule has 1 rings (SSSR count). The molecule has 0 aliphatic heterocycles. The number of methoxy groups -OCH3 is 1. The molecule has 0 spiro atoms. The number of rotatable bonds is 6. The van der Waals surface area contributed by atoms with Crippen LogP contribution in [-0.2, 0) is 5.41 Å². The molecular formula is C15H25NO. The molecule has 1 N–H and O–H groups in total. The SMILES string of the molecule is COc1ccc(C(C)(C)CNCC(C)C)cc1. The second-order valence-corrected chi connectivity index (χ2v) is 5.64. The van der Waals surface area contributed by atoms with Crippen molar-refractivity contribution in [2.24, 2.45) is 5.92 Å². The lowest BCUT2D eigenvalue weighted by molar-refractivity contribution is 0.412. The van der Waals surface area contributed by atoms with Gasteiger partial charge in [0.25, 0.3) is 0 Å². The molecule has 17 heavy (non-hydrogen) atoms. The molecular weight excluding hydrogens is 210 g/mol. The van der Waals surface area contributed by atoms with Gasteiger partial charge in [-0.1, -0.05) is 39.8 Å². The summed E-state index contributed by atoms with van der Waals surface area (Å²) >= 11 is 0. The number of ether oxygens (including phenoxy) is 1. The van der Waals surface area contributed by atoms with E-state index < -0.39 is 0 Å². The van der Waals surface area contributed by atoms with Crippen molar-refractivity contribution in [3.05, 3.63) is 29.8 Å². The average Bonchev–Trinajstić information content (AvgIpc) is 2.28. The molecule has 0 saturated heterocycles. The molecule has 0 radical (unpaired) electrons. The van der Waals surface area contributed by atoms with Crippen LogP contribution >= 0.6 is 0 Å². The Morgan fingerprint density at radius 3 is 2.24 bits per heavy atom. The predicted molar refractivity (Wildman–Crippen MR) is 73.7 cm³/mol. The largest absolute Gasteiger partial charge is 0.497 e. The van der Waals surface area contributed by atoms with Crippen molar-refractivity contribution in [3.63, 3.8) is 0 Å². The summed E-state index contributed by atoms with van der Waals surface area (Å²) < 4.78 is 5.18. The Kier molecular flexibility index (Phi) is 5.01. The molecule has 0 fully saturated rings. The zero-order valence-corrected chi connectivity index (χ0v) is 11.7. The van der Waals surface area contributed by atoms with E-state index in [1.807, 2.05) is 12.1 Å². The Balaban J connectivity index is 2.61. The van der Waals surface area contributed by atoms with Crippen molar-refractivity contribution in [2.75, 3.05) is 20.2 Å². The first kappa shape index (κ1) is 14.0. The van der Waals surface area contributed by atoms with E-state index >= 15 is 0 Å². The summed E-state index contributed by atoms with van der Waals surface area (Å²) in [6.07, 6.45) is 0. The summed E-state index contributed by atoms with van der Waals surface area (Å²) in [5.41, 5.74) is 1.50. The molecule has 0 saturated carbocycles. The lowest BCUT2D eigenvalue weighted by Crippen LogP contribution is -2.34. The van der Waals surface area contributed by atoms with E-state index in [-0.39, 0.29) is 5.41 Å². The third-order valence-electron chi connectivity index (χ3n) is 2.99. The topological polar surface area (TPSA) is 21.3 Å². The predicted octanol–water partition coefficient (Wildman–Crippen LogP) is 3.22. The normalized spacial score (nSPS) is 11.9. The highest BCUT2D eigenvalue weighted by molar-refractivity contribution is 5.31.